The van der Waals surface area contributed by atoms with Crippen LogP contribution in [0.1, 0.15) is 54.7 Å². The Kier molecular flexibility index (Phi) is 4.81. The van der Waals surface area contributed by atoms with Gasteiger partial charge in [0.15, 0.2) is 5.78 Å². The van der Waals surface area contributed by atoms with E-state index < -0.39 is 5.41 Å². The van der Waals surface area contributed by atoms with Gasteiger partial charge >= 0.3 is 0 Å². The molecule has 0 aromatic heterocycles. The third kappa shape index (κ3) is 2.91. The van der Waals surface area contributed by atoms with E-state index >= 15 is 0 Å². The number of β-lactam (4-membered cyclic amide) rings is 1. The maximum absolute atomic E-state index is 13.6. The van der Waals surface area contributed by atoms with Crippen LogP contribution in [-0.4, -0.2) is 22.1 Å². The first kappa shape index (κ1) is 19.1. The quantitative estimate of drug-likeness (QED) is 0.321. The fraction of sp³-hybridized carbons (Fsp3) is 0.333. The Labute approximate surface area is 161 Å². The van der Waals surface area contributed by atoms with E-state index in [9.17, 15) is 9.59 Å². The van der Waals surface area contributed by atoms with Gasteiger partial charge in [-0.25, -0.2) is 0 Å². The number of carbonyl (C=O) groups is 2. The molecule has 0 unspecified atom stereocenters. The molecule has 1 aliphatic heterocycles. The molecule has 0 aliphatic carbocycles. The smallest absolute Gasteiger partial charge is 0.240 e. The van der Waals surface area contributed by atoms with Gasteiger partial charge in [-0.3, -0.25) is 9.59 Å². The number of benzene rings is 2. The average Bonchev–Trinajstić information content (AvgIpc) is 2.63. The van der Waals surface area contributed by atoms with Crippen molar-refractivity contribution in [2.75, 3.05) is 0 Å². The van der Waals surface area contributed by atoms with Crippen LogP contribution >= 0.6 is 0 Å². The minimum Gasteiger partial charge on any atom is -0.328 e. The Bertz CT molecular complexity index is 879. The normalized spacial score (nSPS) is 22.3. The fourth-order valence-electron chi connectivity index (χ4n) is 4.18. The Morgan fingerprint density at radius 2 is 1.70 bits per heavy atom. The van der Waals surface area contributed by atoms with Crippen molar-refractivity contribution < 1.29 is 9.59 Å². The van der Waals surface area contributed by atoms with Crippen LogP contribution in [0.3, 0.4) is 0 Å². The second-order valence-electron chi connectivity index (χ2n) is 8.26. The van der Waals surface area contributed by atoms with Gasteiger partial charge < -0.3 is 4.90 Å². The summed E-state index contributed by atoms with van der Waals surface area (Å²) in [5.41, 5.74) is 1.16. The first-order valence-corrected chi connectivity index (χ1v) is 9.35. The molecule has 1 fully saturated rings. The Morgan fingerprint density at radius 1 is 1.11 bits per heavy atom. The number of ketones is 1. The van der Waals surface area contributed by atoms with Gasteiger partial charge in [0.05, 0.1) is 6.04 Å². The van der Waals surface area contributed by atoms with Crippen LogP contribution in [0.4, 0.5) is 0 Å². The molecular formula is C24H27NO2. The lowest BCUT2D eigenvalue weighted by Crippen LogP contribution is -2.71. The lowest BCUT2D eigenvalue weighted by Gasteiger charge is -2.60. The summed E-state index contributed by atoms with van der Waals surface area (Å²) >= 11 is 0. The molecule has 1 heterocycles. The highest BCUT2D eigenvalue weighted by Gasteiger charge is 2.67. The van der Waals surface area contributed by atoms with Gasteiger partial charge in [-0.2, -0.15) is 0 Å². The summed E-state index contributed by atoms with van der Waals surface area (Å²) in [6.07, 6.45) is 2.02. The topological polar surface area (TPSA) is 37.4 Å². The third-order valence-corrected chi connectivity index (χ3v) is 5.44. The minimum atomic E-state index is -1.14. The number of rotatable bonds is 5. The van der Waals surface area contributed by atoms with Gasteiger partial charge in [-0.1, -0.05) is 60.7 Å². The highest BCUT2D eigenvalue weighted by Crippen LogP contribution is 2.57. The summed E-state index contributed by atoms with van der Waals surface area (Å²) in [6, 6.07) is 16.8. The Hall–Kier alpha value is -2.68. The number of aryl methyl sites for hydroxylation is 1. The van der Waals surface area contributed by atoms with Crippen LogP contribution in [0.5, 0.6) is 0 Å². The SMILES string of the molecule is C=CC[C@]1(C(=O)c2ccccc2)C(=O)N(C(C)(C)C)[C@H]1c1ccccc1C. The summed E-state index contributed by atoms with van der Waals surface area (Å²) in [5.74, 6) is -0.237. The van der Waals surface area contributed by atoms with Crippen molar-refractivity contribution in [1.82, 2.24) is 4.90 Å². The van der Waals surface area contributed by atoms with Crippen LogP contribution in [0.15, 0.2) is 67.3 Å². The molecule has 0 saturated carbocycles. The van der Waals surface area contributed by atoms with E-state index in [1.165, 1.54) is 0 Å². The van der Waals surface area contributed by atoms with Crippen molar-refractivity contribution in [2.45, 2.75) is 45.7 Å². The van der Waals surface area contributed by atoms with E-state index in [2.05, 4.69) is 6.58 Å². The zero-order valence-corrected chi connectivity index (χ0v) is 16.5. The summed E-state index contributed by atoms with van der Waals surface area (Å²) in [6.45, 7) is 11.9. The number of allylic oxidation sites excluding steroid dienone is 1. The summed E-state index contributed by atoms with van der Waals surface area (Å²) in [5, 5.41) is 0. The highest BCUT2D eigenvalue weighted by atomic mass is 16.2. The van der Waals surface area contributed by atoms with Crippen LogP contribution in [0.2, 0.25) is 0 Å². The second kappa shape index (κ2) is 6.80. The number of nitrogens with zero attached hydrogens (tertiary/aromatic N) is 1. The van der Waals surface area contributed by atoms with E-state index in [-0.39, 0.29) is 23.3 Å². The van der Waals surface area contributed by atoms with E-state index in [1.807, 2.05) is 75.1 Å². The highest BCUT2D eigenvalue weighted by molar-refractivity contribution is 6.18. The maximum Gasteiger partial charge on any atom is 0.240 e. The molecule has 1 saturated heterocycles. The monoisotopic (exact) mass is 361 g/mol. The average molecular weight is 361 g/mol. The summed E-state index contributed by atoms with van der Waals surface area (Å²) < 4.78 is 0. The van der Waals surface area contributed by atoms with Crippen LogP contribution in [0.25, 0.3) is 0 Å². The number of hydrogen-bond acceptors (Lipinski definition) is 2. The van der Waals surface area contributed by atoms with Gasteiger partial charge in [0.25, 0.3) is 0 Å². The molecule has 0 radical (unpaired) electrons. The second-order valence-corrected chi connectivity index (χ2v) is 8.26. The van der Waals surface area contributed by atoms with Crippen molar-refractivity contribution >= 4 is 11.7 Å². The number of amides is 1. The number of carbonyl (C=O) groups excluding carboxylic acids is 2. The molecule has 1 aliphatic rings. The molecule has 0 bridgehead atoms. The molecular weight excluding hydrogens is 334 g/mol. The molecule has 3 nitrogen and oxygen atoms in total. The van der Waals surface area contributed by atoms with E-state index in [0.29, 0.717) is 12.0 Å². The molecule has 27 heavy (non-hydrogen) atoms. The standard InChI is InChI=1S/C24H27NO2/c1-6-16-24(21(26)18-13-8-7-9-14-18)20(19-15-11-10-12-17(19)2)25(22(24)27)23(3,4)5/h6-15,20H,1,16H2,2-5H3/t20-,24-/m0/s1. The molecule has 3 heteroatoms. The van der Waals surface area contributed by atoms with E-state index in [1.54, 1.807) is 18.2 Å². The lowest BCUT2D eigenvalue weighted by atomic mass is 9.60. The Balaban J connectivity index is 2.21. The maximum atomic E-state index is 13.6. The van der Waals surface area contributed by atoms with Crippen molar-refractivity contribution in [3.05, 3.63) is 83.9 Å². The van der Waals surface area contributed by atoms with Crippen molar-refractivity contribution in [3.8, 4) is 0 Å². The van der Waals surface area contributed by atoms with Gasteiger partial charge in [0.1, 0.15) is 5.41 Å². The summed E-state index contributed by atoms with van der Waals surface area (Å²) in [4.78, 5) is 29.0. The van der Waals surface area contributed by atoms with E-state index in [0.717, 1.165) is 11.1 Å². The lowest BCUT2D eigenvalue weighted by molar-refractivity contribution is -0.177. The third-order valence-electron chi connectivity index (χ3n) is 5.44. The zero-order chi connectivity index (χ0) is 19.8. The first-order chi connectivity index (χ1) is 12.7. The number of likely N-dealkylation sites (tertiary alicyclic amines) is 1. The van der Waals surface area contributed by atoms with Crippen molar-refractivity contribution in [2.24, 2.45) is 5.41 Å². The number of hydrogen-bond donors (Lipinski definition) is 0. The molecule has 2 atom stereocenters. The van der Waals surface area contributed by atoms with Crippen molar-refractivity contribution in [1.29, 1.82) is 0 Å². The largest absolute Gasteiger partial charge is 0.328 e. The van der Waals surface area contributed by atoms with Crippen LogP contribution < -0.4 is 0 Å². The van der Waals surface area contributed by atoms with Gasteiger partial charge in [-0.05, 0) is 45.2 Å². The number of Topliss-reactive ketones (excluding diaryl/α,β-unsaturated/α-hetero) is 1. The molecule has 0 spiro atoms. The van der Waals surface area contributed by atoms with Gasteiger partial charge in [-0.15, -0.1) is 6.58 Å². The fourth-order valence-corrected chi connectivity index (χ4v) is 4.18. The molecule has 0 N–H and O–H groups in total. The first-order valence-electron chi connectivity index (χ1n) is 9.35. The van der Waals surface area contributed by atoms with Crippen LogP contribution in [-0.2, 0) is 4.79 Å². The van der Waals surface area contributed by atoms with Crippen molar-refractivity contribution in [3.63, 3.8) is 0 Å². The van der Waals surface area contributed by atoms with Gasteiger partial charge in [0, 0.05) is 11.1 Å². The van der Waals surface area contributed by atoms with Crippen LogP contribution in [0, 0.1) is 12.3 Å². The molecule has 3 rings (SSSR count). The molecule has 1 amide bonds. The minimum absolute atomic E-state index is 0.114. The molecule has 140 valence electrons. The summed E-state index contributed by atoms with van der Waals surface area (Å²) in [7, 11) is 0. The Morgan fingerprint density at radius 3 is 2.26 bits per heavy atom. The molecule has 2 aromatic carbocycles. The van der Waals surface area contributed by atoms with E-state index in [4.69, 9.17) is 0 Å². The molecule has 2 aromatic rings. The zero-order valence-electron chi connectivity index (χ0n) is 16.5. The van der Waals surface area contributed by atoms with Gasteiger partial charge in [0.2, 0.25) is 5.91 Å². The predicted octanol–water partition coefficient (Wildman–Crippen LogP) is 5.12. The predicted molar refractivity (Wildman–Crippen MR) is 109 cm³/mol.